The van der Waals surface area contributed by atoms with Crippen molar-refractivity contribution in [1.82, 2.24) is 0 Å². The Hall–Kier alpha value is 0.730. The molecule has 0 spiro atoms. The van der Waals surface area contributed by atoms with Crippen LogP contribution in [-0.2, 0) is 4.79 Å². The van der Waals surface area contributed by atoms with Crippen LogP contribution in [-0.4, -0.2) is 48.8 Å². The van der Waals surface area contributed by atoms with Gasteiger partial charge in [-0.05, 0) is 0 Å². The Morgan fingerprint density at radius 1 is 1.07 bits per heavy atom. The Kier molecular flexibility index (Phi) is 50.3. The molecule has 0 aromatic heterocycles. The van der Waals surface area contributed by atoms with Gasteiger partial charge in [0.25, 0.3) is 0 Å². The average Bonchev–Trinajstić information content (AvgIpc) is 2.18. The van der Waals surface area contributed by atoms with Crippen molar-refractivity contribution in [2.75, 3.05) is 0 Å². The maximum atomic E-state index is 9.37. The number of unbranched alkanes of at least 4 members (excludes halogenated alkanes) is 2. The topological polar surface area (TPSA) is 37.3 Å². The first-order valence-corrected chi connectivity index (χ1v) is 4.90. The Morgan fingerprint density at radius 3 is 1.21 bits per heavy atom. The number of carboxylic acids is 1. The van der Waals surface area contributed by atoms with Crippen LogP contribution in [0.2, 0.25) is 0 Å². The fourth-order valence-electron chi connectivity index (χ4n) is 0. The standard InChI is InChI=1S/2C4H9.C3H6O2.Ca/c2*1-3-4-2;1-2-3(4)5;/h2*1,3-4H2,2H3;2H2,1H3,(H,4,5);/q2*-1;;+2. The molecule has 0 aliphatic carbocycles. The maximum Gasteiger partial charge on any atom is 2.00 e. The van der Waals surface area contributed by atoms with Crippen molar-refractivity contribution in [2.24, 2.45) is 0 Å². The van der Waals surface area contributed by atoms with Crippen LogP contribution in [0.5, 0.6) is 0 Å². The van der Waals surface area contributed by atoms with Gasteiger partial charge in [0.05, 0.1) is 0 Å². The average molecular weight is 228 g/mol. The van der Waals surface area contributed by atoms with Gasteiger partial charge in [0.1, 0.15) is 0 Å². The minimum Gasteiger partial charge on any atom is -0.481 e. The predicted molar refractivity (Wildman–Crippen MR) is 64.2 cm³/mol. The summed E-state index contributed by atoms with van der Waals surface area (Å²) in [5.41, 5.74) is 0. The molecule has 0 bridgehead atoms. The van der Waals surface area contributed by atoms with Crippen molar-refractivity contribution in [3.05, 3.63) is 13.8 Å². The molecule has 0 rings (SSSR count). The van der Waals surface area contributed by atoms with Crippen molar-refractivity contribution in [2.45, 2.75) is 52.9 Å². The molecular weight excluding hydrogens is 204 g/mol. The first kappa shape index (κ1) is 24.1. The van der Waals surface area contributed by atoms with Crippen LogP contribution in [0.25, 0.3) is 0 Å². The normalized spacial score (nSPS) is 6.93. The van der Waals surface area contributed by atoms with Crippen LogP contribution in [0.15, 0.2) is 0 Å². The second kappa shape index (κ2) is 29.2. The van der Waals surface area contributed by atoms with Crippen molar-refractivity contribution in [3.8, 4) is 0 Å². The summed E-state index contributed by atoms with van der Waals surface area (Å²) in [6.07, 6.45) is 4.78. The van der Waals surface area contributed by atoms with E-state index in [4.69, 9.17) is 5.11 Å². The zero-order valence-corrected chi connectivity index (χ0v) is 12.2. The molecular formula is C11H24CaO2. The van der Waals surface area contributed by atoms with Gasteiger partial charge in [0.15, 0.2) is 0 Å². The molecule has 0 unspecified atom stereocenters. The van der Waals surface area contributed by atoms with Gasteiger partial charge in [-0.15, -0.1) is 0 Å². The molecule has 0 amide bonds. The molecule has 0 atom stereocenters. The van der Waals surface area contributed by atoms with Gasteiger partial charge in [-0.25, -0.2) is 0 Å². The van der Waals surface area contributed by atoms with Crippen LogP contribution < -0.4 is 0 Å². The van der Waals surface area contributed by atoms with Crippen LogP contribution in [0.3, 0.4) is 0 Å². The molecule has 0 aliphatic heterocycles. The number of rotatable bonds is 3. The Morgan fingerprint density at radius 2 is 1.21 bits per heavy atom. The predicted octanol–water partition coefficient (Wildman–Crippen LogP) is 3.34. The van der Waals surface area contributed by atoms with Crippen molar-refractivity contribution in [1.29, 1.82) is 0 Å². The molecule has 0 aliphatic rings. The second-order valence-corrected chi connectivity index (χ2v) is 2.45. The van der Waals surface area contributed by atoms with E-state index in [9.17, 15) is 4.79 Å². The first-order chi connectivity index (χ1) is 6.10. The summed E-state index contributed by atoms with van der Waals surface area (Å²) in [5.74, 6) is -0.745. The van der Waals surface area contributed by atoms with Crippen LogP contribution >= 0.6 is 0 Å². The van der Waals surface area contributed by atoms with Gasteiger partial charge >= 0.3 is 43.7 Å². The van der Waals surface area contributed by atoms with Crippen molar-refractivity contribution >= 4 is 43.7 Å². The van der Waals surface area contributed by atoms with Crippen LogP contribution in [0.1, 0.15) is 52.9 Å². The van der Waals surface area contributed by atoms with E-state index in [0.29, 0.717) is 0 Å². The number of aliphatic carboxylic acids is 1. The fourth-order valence-corrected chi connectivity index (χ4v) is 0. The Bertz CT molecular complexity index is 77.4. The van der Waals surface area contributed by atoms with Crippen molar-refractivity contribution < 1.29 is 9.90 Å². The third-order valence-corrected chi connectivity index (χ3v) is 1.01. The molecule has 0 aromatic carbocycles. The molecule has 3 heteroatoms. The minimum atomic E-state index is -0.745. The van der Waals surface area contributed by atoms with E-state index in [-0.39, 0.29) is 44.2 Å². The number of carboxylic acid groups (broad SMARTS) is 1. The molecule has 82 valence electrons. The largest absolute Gasteiger partial charge is 2.00 e. The second-order valence-electron chi connectivity index (χ2n) is 2.45. The van der Waals surface area contributed by atoms with E-state index in [1.165, 1.54) is 12.8 Å². The summed E-state index contributed by atoms with van der Waals surface area (Å²) in [6, 6.07) is 0. The van der Waals surface area contributed by atoms with Gasteiger partial charge in [0.2, 0.25) is 0 Å². The Balaban J connectivity index is -0.0000000522. The van der Waals surface area contributed by atoms with E-state index in [1.807, 2.05) is 0 Å². The van der Waals surface area contributed by atoms with E-state index < -0.39 is 5.97 Å². The van der Waals surface area contributed by atoms with Crippen LogP contribution in [0.4, 0.5) is 0 Å². The minimum absolute atomic E-state index is 0. The van der Waals surface area contributed by atoms with Crippen molar-refractivity contribution in [3.63, 3.8) is 0 Å². The Labute approximate surface area is 119 Å². The molecule has 0 radical (unpaired) electrons. The van der Waals surface area contributed by atoms with E-state index in [1.54, 1.807) is 6.92 Å². The maximum absolute atomic E-state index is 9.37. The number of carbonyl (C=O) groups is 1. The summed E-state index contributed by atoms with van der Waals surface area (Å²) >= 11 is 0. The zero-order chi connectivity index (χ0) is 11.1. The molecule has 0 fully saturated rings. The summed E-state index contributed by atoms with van der Waals surface area (Å²) in [4.78, 5) is 9.37. The third-order valence-electron chi connectivity index (χ3n) is 1.01. The fraction of sp³-hybridized carbons (Fsp3) is 0.727. The van der Waals surface area contributed by atoms with Gasteiger partial charge in [-0.1, -0.05) is 33.6 Å². The summed E-state index contributed by atoms with van der Waals surface area (Å²) in [5, 5.41) is 7.72. The smallest absolute Gasteiger partial charge is 0.481 e. The molecule has 1 N–H and O–H groups in total. The first-order valence-electron chi connectivity index (χ1n) is 4.90. The monoisotopic (exact) mass is 228 g/mol. The molecule has 0 aromatic rings. The quantitative estimate of drug-likeness (QED) is 0.594. The summed E-state index contributed by atoms with van der Waals surface area (Å²) in [6.45, 7) is 13.0. The summed E-state index contributed by atoms with van der Waals surface area (Å²) < 4.78 is 0. The molecule has 0 heterocycles. The van der Waals surface area contributed by atoms with E-state index in [2.05, 4.69) is 27.7 Å². The van der Waals surface area contributed by atoms with Gasteiger partial charge < -0.3 is 19.0 Å². The summed E-state index contributed by atoms with van der Waals surface area (Å²) in [7, 11) is 0. The molecule has 14 heavy (non-hydrogen) atoms. The van der Waals surface area contributed by atoms with Gasteiger partial charge in [0, 0.05) is 6.42 Å². The number of hydrogen-bond acceptors (Lipinski definition) is 1. The van der Waals surface area contributed by atoms with Gasteiger partial charge in [-0.3, -0.25) is 4.79 Å². The molecule has 0 saturated carbocycles. The third kappa shape index (κ3) is 78.3. The van der Waals surface area contributed by atoms with Gasteiger partial charge in [-0.2, -0.15) is 12.8 Å². The van der Waals surface area contributed by atoms with E-state index in [0.717, 1.165) is 12.8 Å². The number of hydrogen-bond donors (Lipinski definition) is 1. The SMILES string of the molecule is CCC(=O)O.[CH2-]CCC.[CH2-]CCC.[Ca+2]. The zero-order valence-electron chi connectivity index (χ0n) is 10.0. The molecule has 0 saturated heterocycles. The molecule has 2 nitrogen and oxygen atoms in total. The van der Waals surface area contributed by atoms with Crippen LogP contribution in [0, 0.1) is 13.8 Å². The van der Waals surface area contributed by atoms with E-state index >= 15 is 0 Å².